The summed E-state index contributed by atoms with van der Waals surface area (Å²) < 4.78 is 12.1. The molecule has 2 nitrogen and oxygen atoms in total. The first kappa shape index (κ1) is 18.2. The number of benzene rings is 1. The first-order valence-electron chi connectivity index (χ1n) is 6.27. The van der Waals surface area contributed by atoms with Gasteiger partial charge in [-0.25, -0.2) is 0 Å². The molecule has 0 radical (unpaired) electrons. The van der Waals surface area contributed by atoms with Crippen LogP contribution in [0.15, 0.2) is 23.1 Å². The van der Waals surface area contributed by atoms with Crippen molar-refractivity contribution in [2.75, 3.05) is 5.75 Å². The van der Waals surface area contributed by atoms with Crippen LogP contribution >= 0.6 is 13.5 Å². The van der Waals surface area contributed by atoms with E-state index >= 15 is 0 Å². The Kier molecular flexibility index (Phi) is 6.82. The zero-order valence-electron chi connectivity index (χ0n) is 12.3. The van der Waals surface area contributed by atoms with Crippen molar-refractivity contribution in [2.45, 2.75) is 50.8 Å². The fourth-order valence-corrected chi connectivity index (χ4v) is 2.95. The number of nitrogens with zero attached hydrogens (tertiary/aromatic N) is 1. The van der Waals surface area contributed by atoms with E-state index in [2.05, 4.69) is 19.9 Å². The molecule has 0 aliphatic carbocycles. The molecule has 1 rings (SSSR count). The third-order valence-corrected chi connectivity index (χ3v) is 4.51. The SMILES string of the molecule is CCS(=O)c1cc(C(C)(C)C#N)ccc1C(C)C.S. The van der Waals surface area contributed by atoms with E-state index in [1.807, 2.05) is 39.0 Å². The Bertz CT molecular complexity index is 501. The average Bonchev–Trinajstić information content (AvgIpc) is 2.36. The summed E-state index contributed by atoms with van der Waals surface area (Å²) in [7, 11) is -0.979. The average molecular weight is 297 g/mol. The highest BCUT2D eigenvalue weighted by Crippen LogP contribution is 2.29. The van der Waals surface area contributed by atoms with Crippen molar-refractivity contribution in [2.24, 2.45) is 0 Å². The quantitative estimate of drug-likeness (QED) is 0.847. The summed E-state index contributed by atoms with van der Waals surface area (Å²) in [5, 5.41) is 9.19. The summed E-state index contributed by atoms with van der Waals surface area (Å²) in [6, 6.07) is 8.23. The van der Waals surface area contributed by atoms with E-state index in [1.165, 1.54) is 0 Å². The molecule has 106 valence electrons. The summed E-state index contributed by atoms with van der Waals surface area (Å²) in [6.45, 7) is 9.88. The maximum Gasteiger partial charge on any atom is 0.0766 e. The minimum absolute atomic E-state index is 0. The minimum Gasteiger partial charge on any atom is -0.254 e. The van der Waals surface area contributed by atoms with E-state index in [9.17, 15) is 9.47 Å². The Hall–Kier alpha value is -0.790. The fraction of sp³-hybridized carbons (Fsp3) is 0.533. The molecule has 0 bridgehead atoms. The van der Waals surface area contributed by atoms with Crippen molar-refractivity contribution >= 4 is 24.3 Å². The molecule has 0 aliphatic heterocycles. The highest BCUT2D eigenvalue weighted by Gasteiger charge is 2.22. The second-order valence-corrected chi connectivity index (χ2v) is 6.99. The van der Waals surface area contributed by atoms with Crippen molar-refractivity contribution in [3.63, 3.8) is 0 Å². The van der Waals surface area contributed by atoms with E-state index in [-0.39, 0.29) is 13.5 Å². The Morgan fingerprint density at radius 3 is 2.37 bits per heavy atom. The summed E-state index contributed by atoms with van der Waals surface area (Å²) >= 11 is 0. The minimum atomic E-state index is -0.979. The normalized spacial score (nSPS) is 12.7. The lowest BCUT2D eigenvalue weighted by Crippen LogP contribution is -2.15. The Morgan fingerprint density at radius 2 is 1.95 bits per heavy atom. The van der Waals surface area contributed by atoms with Crippen molar-refractivity contribution in [1.82, 2.24) is 0 Å². The van der Waals surface area contributed by atoms with Crippen molar-refractivity contribution in [3.8, 4) is 6.07 Å². The molecule has 0 spiro atoms. The summed E-state index contributed by atoms with van der Waals surface area (Å²) in [5.74, 6) is 0.950. The maximum atomic E-state index is 12.1. The first-order chi connectivity index (χ1) is 8.33. The van der Waals surface area contributed by atoms with Gasteiger partial charge in [0.2, 0.25) is 0 Å². The molecule has 1 aromatic carbocycles. The highest BCUT2D eigenvalue weighted by atomic mass is 32.2. The molecule has 1 aromatic rings. The van der Waals surface area contributed by atoms with E-state index in [0.717, 1.165) is 16.0 Å². The van der Waals surface area contributed by atoms with Crippen LogP contribution < -0.4 is 0 Å². The molecule has 0 aromatic heterocycles. The van der Waals surface area contributed by atoms with Crippen LogP contribution in [0.1, 0.15) is 51.7 Å². The third-order valence-electron chi connectivity index (χ3n) is 3.14. The lowest BCUT2D eigenvalue weighted by Gasteiger charge is -2.19. The van der Waals surface area contributed by atoms with Gasteiger partial charge in [0.1, 0.15) is 0 Å². The second-order valence-electron chi connectivity index (χ2n) is 5.28. The molecule has 0 N–H and O–H groups in total. The number of rotatable bonds is 4. The van der Waals surface area contributed by atoms with Gasteiger partial charge in [0, 0.05) is 10.6 Å². The van der Waals surface area contributed by atoms with Gasteiger partial charge in [-0.1, -0.05) is 32.9 Å². The zero-order valence-corrected chi connectivity index (χ0v) is 14.1. The smallest absolute Gasteiger partial charge is 0.0766 e. The lowest BCUT2D eigenvalue weighted by atomic mass is 9.85. The molecule has 1 atom stereocenters. The van der Waals surface area contributed by atoms with Crippen LogP contribution in [0, 0.1) is 11.3 Å². The van der Waals surface area contributed by atoms with Gasteiger partial charge >= 0.3 is 0 Å². The molecule has 0 amide bonds. The molecule has 0 heterocycles. The number of hydrogen-bond acceptors (Lipinski definition) is 2. The standard InChI is InChI=1S/C15H21NOS.H2S/c1-6-18(17)14-9-12(15(4,5)10-16)7-8-13(14)11(2)3;/h7-9,11H,6H2,1-5H3;1H2. The van der Waals surface area contributed by atoms with E-state index < -0.39 is 16.2 Å². The molecule has 1 unspecified atom stereocenters. The van der Waals surface area contributed by atoms with Gasteiger partial charge in [0.25, 0.3) is 0 Å². The van der Waals surface area contributed by atoms with Gasteiger partial charge in [0.05, 0.1) is 22.3 Å². The van der Waals surface area contributed by atoms with Gasteiger partial charge in [-0.05, 0) is 37.0 Å². The zero-order chi connectivity index (χ0) is 13.9. The Labute approximate surface area is 126 Å². The fourth-order valence-electron chi connectivity index (χ4n) is 1.82. The van der Waals surface area contributed by atoms with Crippen LogP contribution in [0.2, 0.25) is 0 Å². The maximum absolute atomic E-state index is 12.1. The molecule has 0 fully saturated rings. The summed E-state index contributed by atoms with van der Waals surface area (Å²) in [5.41, 5.74) is 1.52. The van der Waals surface area contributed by atoms with Gasteiger partial charge in [-0.3, -0.25) is 4.21 Å². The van der Waals surface area contributed by atoms with E-state index in [0.29, 0.717) is 11.7 Å². The van der Waals surface area contributed by atoms with Crippen LogP contribution in [0.25, 0.3) is 0 Å². The van der Waals surface area contributed by atoms with Crippen molar-refractivity contribution < 1.29 is 4.21 Å². The molecular weight excluding hydrogens is 274 g/mol. The molecular formula is C15H23NOS2. The number of nitriles is 1. The van der Waals surface area contributed by atoms with Crippen LogP contribution in [0.4, 0.5) is 0 Å². The first-order valence-corrected chi connectivity index (χ1v) is 7.59. The largest absolute Gasteiger partial charge is 0.254 e. The van der Waals surface area contributed by atoms with Gasteiger partial charge in [0.15, 0.2) is 0 Å². The van der Waals surface area contributed by atoms with E-state index in [4.69, 9.17) is 0 Å². The van der Waals surface area contributed by atoms with Crippen LogP contribution in [0.3, 0.4) is 0 Å². The predicted molar refractivity (Wildman–Crippen MR) is 86.5 cm³/mol. The molecule has 0 saturated heterocycles. The second kappa shape index (κ2) is 7.12. The summed E-state index contributed by atoms with van der Waals surface area (Å²) in [4.78, 5) is 0.883. The van der Waals surface area contributed by atoms with Gasteiger partial charge in [-0.2, -0.15) is 18.8 Å². The van der Waals surface area contributed by atoms with Crippen molar-refractivity contribution in [3.05, 3.63) is 29.3 Å². The Morgan fingerprint density at radius 1 is 1.37 bits per heavy atom. The highest BCUT2D eigenvalue weighted by molar-refractivity contribution is 7.85. The molecule has 0 saturated carbocycles. The molecule has 4 heteroatoms. The van der Waals surface area contributed by atoms with Crippen LogP contribution in [0.5, 0.6) is 0 Å². The third kappa shape index (κ3) is 4.09. The van der Waals surface area contributed by atoms with Crippen LogP contribution in [-0.2, 0) is 16.2 Å². The van der Waals surface area contributed by atoms with Gasteiger partial charge in [-0.15, -0.1) is 0 Å². The van der Waals surface area contributed by atoms with Crippen LogP contribution in [-0.4, -0.2) is 9.96 Å². The summed E-state index contributed by atoms with van der Waals surface area (Å²) in [6.07, 6.45) is 0. The Balaban J connectivity index is 0.00000324. The number of hydrogen-bond donors (Lipinski definition) is 0. The lowest BCUT2D eigenvalue weighted by molar-refractivity contribution is 0.672. The molecule has 0 aliphatic rings. The monoisotopic (exact) mass is 297 g/mol. The van der Waals surface area contributed by atoms with Crippen molar-refractivity contribution in [1.29, 1.82) is 5.26 Å². The topological polar surface area (TPSA) is 40.9 Å². The molecule has 19 heavy (non-hydrogen) atoms. The van der Waals surface area contributed by atoms with E-state index in [1.54, 1.807) is 0 Å². The van der Waals surface area contributed by atoms with Gasteiger partial charge < -0.3 is 0 Å². The predicted octanol–water partition coefficient (Wildman–Crippen LogP) is 3.85.